The molecule has 2 N–H and O–H groups in total. The molecule has 12 heteroatoms. The SMILES string of the molecule is COc1nc(NC2CC(C)(N3CCCC3=O)C2)nc2[nH]cc(-c3ccc4nnn(CC(F)F)c4c3)c12. The molecule has 4 aromatic rings. The maximum Gasteiger partial charge on any atom is 0.258 e. The second-order valence-corrected chi connectivity index (χ2v) is 9.74. The van der Waals surface area contributed by atoms with Gasteiger partial charge in [-0.05, 0) is 43.9 Å². The zero-order valence-corrected chi connectivity index (χ0v) is 20.0. The van der Waals surface area contributed by atoms with E-state index in [2.05, 4.69) is 37.5 Å². The van der Waals surface area contributed by atoms with Crippen LogP contribution in [-0.2, 0) is 11.3 Å². The Morgan fingerprint density at radius 3 is 2.86 bits per heavy atom. The predicted molar refractivity (Wildman–Crippen MR) is 129 cm³/mol. The van der Waals surface area contributed by atoms with Crippen LogP contribution in [0.4, 0.5) is 14.7 Å². The third-order valence-electron chi connectivity index (χ3n) is 7.26. The minimum Gasteiger partial charge on any atom is -0.480 e. The molecule has 0 unspecified atom stereocenters. The van der Waals surface area contributed by atoms with Gasteiger partial charge in [0.25, 0.3) is 6.43 Å². The molecule has 0 radical (unpaired) electrons. The summed E-state index contributed by atoms with van der Waals surface area (Å²) in [7, 11) is 1.55. The van der Waals surface area contributed by atoms with Crippen LogP contribution in [0, 0.1) is 0 Å². The molecule has 1 aliphatic heterocycles. The number of halogens is 2. The number of aromatic nitrogens is 6. The van der Waals surface area contributed by atoms with Gasteiger partial charge in [-0.2, -0.15) is 9.97 Å². The number of fused-ring (bicyclic) bond motifs is 2. The summed E-state index contributed by atoms with van der Waals surface area (Å²) in [4.78, 5) is 26.6. The number of benzene rings is 1. The number of hydrogen-bond donors (Lipinski definition) is 2. The Morgan fingerprint density at radius 2 is 2.14 bits per heavy atom. The fraction of sp³-hybridized carbons (Fsp3) is 0.458. The van der Waals surface area contributed by atoms with E-state index < -0.39 is 13.0 Å². The van der Waals surface area contributed by atoms with E-state index in [4.69, 9.17) is 4.74 Å². The number of nitrogens with one attached hydrogen (secondary N) is 2. The minimum absolute atomic E-state index is 0.122. The zero-order valence-electron chi connectivity index (χ0n) is 20.0. The molecule has 1 amide bonds. The van der Waals surface area contributed by atoms with Crippen LogP contribution in [0.5, 0.6) is 5.88 Å². The molecule has 0 bridgehead atoms. The van der Waals surface area contributed by atoms with Crippen molar-refractivity contribution in [3.05, 3.63) is 24.4 Å². The molecule has 3 aromatic heterocycles. The number of methoxy groups -OCH3 is 1. The fourth-order valence-electron chi connectivity index (χ4n) is 5.56. The van der Waals surface area contributed by atoms with E-state index in [9.17, 15) is 13.6 Å². The van der Waals surface area contributed by atoms with Crippen molar-refractivity contribution in [2.24, 2.45) is 0 Å². The highest BCUT2D eigenvalue weighted by Crippen LogP contribution is 2.42. The second-order valence-electron chi connectivity index (χ2n) is 9.74. The summed E-state index contributed by atoms with van der Waals surface area (Å²) in [6, 6.07) is 5.54. The summed E-state index contributed by atoms with van der Waals surface area (Å²) in [6.45, 7) is 2.44. The first-order valence-corrected chi connectivity index (χ1v) is 12.0. The van der Waals surface area contributed by atoms with E-state index in [1.807, 2.05) is 11.0 Å². The van der Waals surface area contributed by atoms with Crippen molar-refractivity contribution in [2.75, 3.05) is 19.0 Å². The largest absolute Gasteiger partial charge is 0.480 e. The van der Waals surface area contributed by atoms with Gasteiger partial charge in [-0.1, -0.05) is 11.3 Å². The lowest BCUT2D eigenvalue weighted by Crippen LogP contribution is -2.59. The summed E-state index contributed by atoms with van der Waals surface area (Å²) in [5.41, 5.74) is 3.09. The maximum atomic E-state index is 13.0. The number of alkyl halides is 2. The first-order valence-electron chi connectivity index (χ1n) is 12.0. The predicted octanol–water partition coefficient (Wildman–Crippen LogP) is 3.60. The van der Waals surface area contributed by atoms with Gasteiger partial charge in [-0.15, -0.1) is 5.10 Å². The van der Waals surface area contributed by atoms with Crippen molar-refractivity contribution in [3.63, 3.8) is 0 Å². The van der Waals surface area contributed by atoms with E-state index in [1.54, 1.807) is 25.4 Å². The third kappa shape index (κ3) is 3.71. The fourth-order valence-corrected chi connectivity index (χ4v) is 5.56. The molecule has 1 aromatic carbocycles. The lowest BCUT2D eigenvalue weighted by atomic mass is 9.73. The first-order chi connectivity index (χ1) is 17.3. The van der Waals surface area contributed by atoms with Crippen molar-refractivity contribution in [2.45, 2.75) is 57.2 Å². The summed E-state index contributed by atoms with van der Waals surface area (Å²) in [6.07, 6.45) is 2.50. The Balaban J connectivity index is 1.27. The number of anilines is 1. The third-order valence-corrected chi connectivity index (χ3v) is 7.26. The number of hydrogen-bond acceptors (Lipinski definition) is 7. The van der Waals surface area contributed by atoms with Gasteiger partial charge in [0, 0.05) is 36.3 Å². The number of carbonyl (C=O) groups is 1. The number of amides is 1. The second kappa shape index (κ2) is 8.38. The molecule has 2 aliphatic rings. The highest BCUT2D eigenvalue weighted by Gasteiger charge is 2.48. The van der Waals surface area contributed by atoms with Gasteiger partial charge < -0.3 is 19.9 Å². The quantitative estimate of drug-likeness (QED) is 0.402. The standard InChI is InChI=1S/C24H26F2N8O2/c1-24(33-7-3-4-19(33)35)9-14(10-24)28-23-29-21-20(22(30-23)36-2)15(11-27-21)13-5-6-16-17(8-13)34(32-31-16)12-18(25)26/h5-6,8,11,14,18H,3-4,7,9-10,12H2,1-2H3,(H2,27,28,29,30). The molecule has 0 spiro atoms. The lowest BCUT2D eigenvalue weighted by Gasteiger charge is -2.51. The van der Waals surface area contributed by atoms with Gasteiger partial charge in [0.05, 0.1) is 18.0 Å². The Bertz CT molecular complexity index is 1460. The van der Waals surface area contributed by atoms with Gasteiger partial charge >= 0.3 is 0 Å². The summed E-state index contributed by atoms with van der Waals surface area (Å²) >= 11 is 0. The maximum absolute atomic E-state index is 13.0. The van der Waals surface area contributed by atoms with Crippen molar-refractivity contribution >= 4 is 33.9 Å². The van der Waals surface area contributed by atoms with Crippen molar-refractivity contribution < 1.29 is 18.3 Å². The van der Waals surface area contributed by atoms with Gasteiger partial charge in [0.1, 0.15) is 17.7 Å². The van der Waals surface area contributed by atoms with Crippen LogP contribution in [0.15, 0.2) is 24.4 Å². The lowest BCUT2D eigenvalue weighted by molar-refractivity contribution is -0.136. The Hall–Kier alpha value is -3.83. The van der Waals surface area contributed by atoms with Crippen LogP contribution in [0.2, 0.25) is 0 Å². The van der Waals surface area contributed by atoms with Gasteiger partial charge in [-0.3, -0.25) is 4.79 Å². The molecule has 2 fully saturated rings. The van der Waals surface area contributed by atoms with Crippen molar-refractivity contribution in [1.29, 1.82) is 0 Å². The van der Waals surface area contributed by atoms with Crippen LogP contribution < -0.4 is 10.1 Å². The molecular formula is C24H26F2N8O2. The van der Waals surface area contributed by atoms with E-state index in [1.165, 1.54) is 4.68 Å². The first kappa shape index (κ1) is 22.6. The Kier molecular flexibility index (Phi) is 5.27. The van der Waals surface area contributed by atoms with E-state index >= 15 is 0 Å². The Morgan fingerprint density at radius 1 is 1.31 bits per heavy atom. The van der Waals surface area contributed by atoms with E-state index in [-0.39, 0.29) is 17.5 Å². The number of aromatic amines is 1. The van der Waals surface area contributed by atoms with Crippen LogP contribution in [0.3, 0.4) is 0 Å². The molecule has 36 heavy (non-hydrogen) atoms. The summed E-state index contributed by atoms with van der Waals surface area (Å²) in [5, 5.41) is 11.9. The molecule has 188 valence electrons. The average Bonchev–Trinajstić information content (AvgIpc) is 3.55. The molecule has 1 saturated carbocycles. The molecular weight excluding hydrogens is 470 g/mol. The van der Waals surface area contributed by atoms with Gasteiger partial charge in [0.2, 0.25) is 17.7 Å². The van der Waals surface area contributed by atoms with E-state index in [0.29, 0.717) is 40.3 Å². The molecule has 4 heterocycles. The molecule has 0 atom stereocenters. The highest BCUT2D eigenvalue weighted by atomic mass is 19.3. The molecule has 6 rings (SSSR count). The smallest absolute Gasteiger partial charge is 0.258 e. The number of rotatable bonds is 7. The topological polar surface area (TPSA) is 114 Å². The summed E-state index contributed by atoms with van der Waals surface area (Å²) in [5.74, 6) is 1.08. The minimum atomic E-state index is -2.53. The van der Waals surface area contributed by atoms with Gasteiger partial charge in [-0.25, -0.2) is 13.5 Å². The molecule has 10 nitrogen and oxygen atoms in total. The van der Waals surface area contributed by atoms with Crippen molar-refractivity contribution in [1.82, 2.24) is 34.8 Å². The van der Waals surface area contributed by atoms with Crippen LogP contribution in [-0.4, -0.2) is 72.4 Å². The van der Waals surface area contributed by atoms with Crippen LogP contribution >= 0.6 is 0 Å². The van der Waals surface area contributed by atoms with Gasteiger partial charge in [0.15, 0.2) is 0 Å². The van der Waals surface area contributed by atoms with Crippen LogP contribution in [0.1, 0.15) is 32.6 Å². The van der Waals surface area contributed by atoms with Crippen LogP contribution in [0.25, 0.3) is 33.2 Å². The van der Waals surface area contributed by atoms with E-state index in [0.717, 1.165) is 36.9 Å². The number of nitrogens with zero attached hydrogens (tertiary/aromatic N) is 6. The monoisotopic (exact) mass is 496 g/mol. The number of likely N-dealkylation sites (tertiary alicyclic amines) is 1. The van der Waals surface area contributed by atoms with Crippen molar-refractivity contribution in [3.8, 4) is 17.0 Å². The average molecular weight is 497 g/mol. The zero-order chi connectivity index (χ0) is 25.0. The summed E-state index contributed by atoms with van der Waals surface area (Å²) < 4.78 is 32.7. The number of carbonyl (C=O) groups excluding carboxylic acids is 1. The molecule has 1 aliphatic carbocycles. The number of H-pyrrole nitrogens is 1. The highest BCUT2D eigenvalue weighted by molar-refractivity contribution is 5.99. The Labute approximate surface area is 205 Å². The normalized spacial score (nSPS) is 22.1. The number of ether oxygens (including phenoxy) is 1. The molecule has 1 saturated heterocycles.